The molecule has 1 unspecified atom stereocenters. The fraction of sp³-hybridized carbons (Fsp3) is 0.462. The monoisotopic (exact) mass is 254 g/mol. The van der Waals surface area contributed by atoms with Crippen molar-refractivity contribution in [3.05, 3.63) is 23.8 Å². The van der Waals surface area contributed by atoms with Crippen LogP contribution in [0.15, 0.2) is 12.1 Å². The predicted octanol–water partition coefficient (Wildman–Crippen LogP) is 2.99. The van der Waals surface area contributed by atoms with E-state index in [1.54, 1.807) is 0 Å². The predicted molar refractivity (Wildman–Crippen MR) is 66.4 cm³/mol. The second kappa shape index (κ2) is 4.92. The van der Waals surface area contributed by atoms with E-state index >= 15 is 0 Å². The molecule has 0 spiro atoms. The molecule has 5 heteroatoms. The van der Waals surface area contributed by atoms with E-state index in [0.717, 1.165) is 6.07 Å². The van der Waals surface area contributed by atoms with E-state index in [2.05, 4.69) is 10.6 Å². The number of carbonyl (C=O) groups excluding carboxylic acids is 1. The van der Waals surface area contributed by atoms with Gasteiger partial charge in [0.05, 0.1) is 11.6 Å². The van der Waals surface area contributed by atoms with Crippen LogP contribution < -0.4 is 10.6 Å². The summed E-state index contributed by atoms with van der Waals surface area (Å²) in [5.41, 5.74) is 0.333. The molecule has 0 bridgehead atoms. The lowest BCUT2D eigenvalue weighted by Crippen LogP contribution is -2.27. The molecular weight excluding hydrogens is 238 g/mol. The van der Waals surface area contributed by atoms with E-state index in [1.165, 1.54) is 6.07 Å². The van der Waals surface area contributed by atoms with Gasteiger partial charge >= 0.3 is 0 Å². The van der Waals surface area contributed by atoms with Crippen LogP contribution in [0.4, 0.5) is 20.2 Å². The van der Waals surface area contributed by atoms with Crippen molar-refractivity contribution in [2.75, 3.05) is 17.2 Å². The highest BCUT2D eigenvalue weighted by Crippen LogP contribution is 2.30. The maximum atomic E-state index is 13.6. The zero-order chi connectivity index (χ0) is 13.3. The number of fused-ring (bicyclic) bond motifs is 1. The summed E-state index contributed by atoms with van der Waals surface area (Å²) in [5.74, 6) is -1.50. The van der Waals surface area contributed by atoms with E-state index in [-0.39, 0.29) is 17.5 Å². The Balaban J connectivity index is 2.27. The molecule has 1 amide bonds. The van der Waals surface area contributed by atoms with Crippen molar-refractivity contribution < 1.29 is 13.6 Å². The highest BCUT2D eigenvalue weighted by Gasteiger charge is 2.26. The zero-order valence-corrected chi connectivity index (χ0v) is 10.4. The first-order valence-electron chi connectivity index (χ1n) is 6.01. The number of benzene rings is 1. The van der Waals surface area contributed by atoms with E-state index in [9.17, 15) is 13.6 Å². The lowest BCUT2D eigenvalue weighted by atomic mass is 9.96. The summed E-state index contributed by atoms with van der Waals surface area (Å²) in [4.78, 5) is 11.9. The molecule has 0 fully saturated rings. The van der Waals surface area contributed by atoms with Gasteiger partial charge in [0.25, 0.3) is 0 Å². The van der Waals surface area contributed by atoms with Crippen molar-refractivity contribution in [1.82, 2.24) is 0 Å². The first-order valence-corrected chi connectivity index (χ1v) is 6.01. The molecule has 0 saturated heterocycles. The maximum absolute atomic E-state index is 13.6. The number of amides is 1. The van der Waals surface area contributed by atoms with E-state index in [1.807, 2.05) is 13.8 Å². The van der Waals surface area contributed by atoms with Gasteiger partial charge in [0.2, 0.25) is 5.91 Å². The summed E-state index contributed by atoms with van der Waals surface area (Å²) in [6, 6.07) is 1.96. The summed E-state index contributed by atoms with van der Waals surface area (Å²) < 4.78 is 26.7. The van der Waals surface area contributed by atoms with Crippen molar-refractivity contribution >= 4 is 17.3 Å². The fourth-order valence-corrected chi connectivity index (χ4v) is 2.15. The Morgan fingerprint density at radius 1 is 1.39 bits per heavy atom. The van der Waals surface area contributed by atoms with Gasteiger partial charge in [-0.3, -0.25) is 4.79 Å². The lowest BCUT2D eigenvalue weighted by Gasteiger charge is -2.15. The minimum atomic E-state index is -0.754. The Kier molecular flexibility index (Phi) is 3.50. The van der Waals surface area contributed by atoms with E-state index in [0.29, 0.717) is 24.6 Å². The Bertz CT molecular complexity index is 474. The second-order valence-corrected chi connectivity index (χ2v) is 5.01. The van der Waals surface area contributed by atoms with Gasteiger partial charge in [-0.05, 0) is 18.4 Å². The largest absolute Gasteiger partial charge is 0.382 e. The number of carbonyl (C=O) groups is 1. The van der Waals surface area contributed by atoms with Crippen LogP contribution in [-0.2, 0) is 4.79 Å². The van der Waals surface area contributed by atoms with E-state index < -0.39 is 11.6 Å². The van der Waals surface area contributed by atoms with E-state index in [4.69, 9.17) is 0 Å². The first-order chi connectivity index (χ1) is 8.47. The third-order valence-corrected chi connectivity index (χ3v) is 2.97. The third kappa shape index (κ3) is 2.60. The average Bonchev–Trinajstić information content (AvgIpc) is 2.40. The molecule has 0 aliphatic carbocycles. The topological polar surface area (TPSA) is 41.1 Å². The molecule has 98 valence electrons. The van der Waals surface area contributed by atoms with Crippen LogP contribution in [0, 0.1) is 23.5 Å². The Morgan fingerprint density at radius 3 is 2.78 bits per heavy atom. The van der Waals surface area contributed by atoms with Crippen LogP contribution in [0.5, 0.6) is 0 Å². The third-order valence-electron chi connectivity index (χ3n) is 2.97. The van der Waals surface area contributed by atoms with Gasteiger partial charge in [0.1, 0.15) is 11.5 Å². The molecule has 3 nitrogen and oxygen atoms in total. The molecular formula is C13H16F2N2O. The van der Waals surface area contributed by atoms with Gasteiger partial charge in [-0.1, -0.05) is 13.8 Å². The SMILES string of the molecule is CC(C)CC1CNc2cc(F)cc(F)c2NC1=O. The Labute approximate surface area is 105 Å². The minimum Gasteiger partial charge on any atom is -0.382 e. The van der Waals surface area contributed by atoms with Crippen LogP contribution in [0.25, 0.3) is 0 Å². The van der Waals surface area contributed by atoms with Crippen LogP contribution in [0.1, 0.15) is 20.3 Å². The second-order valence-electron chi connectivity index (χ2n) is 5.01. The highest BCUT2D eigenvalue weighted by atomic mass is 19.1. The fourth-order valence-electron chi connectivity index (χ4n) is 2.15. The van der Waals surface area contributed by atoms with Gasteiger partial charge in [-0.2, -0.15) is 0 Å². The van der Waals surface area contributed by atoms with Crippen molar-refractivity contribution in [3.63, 3.8) is 0 Å². The quantitative estimate of drug-likeness (QED) is 0.851. The molecule has 2 rings (SSSR count). The molecule has 0 saturated carbocycles. The molecule has 1 aromatic rings. The van der Waals surface area contributed by atoms with Crippen LogP contribution in [0.3, 0.4) is 0 Å². The number of nitrogens with one attached hydrogen (secondary N) is 2. The van der Waals surface area contributed by atoms with Crippen LogP contribution >= 0.6 is 0 Å². The van der Waals surface area contributed by atoms with Gasteiger partial charge in [0.15, 0.2) is 5.82 Å². The van der Waals surface area contributed by atoms with Crippen LogP contribution in [0.2, 0.25) is 0 Å². The smallest absolute Gasteiger partial charge is 0.229 e. The van der Waals surface area contributed by atoms with Crippen molar-refractivity contribution in [1.29, 1.82) is 0 Å². The summed E-state index contributed by atoms with van der Waals surface area (Å²) in [7, 11) is 0. The molecule has 2 N–H and O–H groups in total. The molecule has 0 radical (unpaired) electrons. The summed E-state index contributed by atoms with van der Waals surface area (Å²) in [5, 5.41) is 5.46. The summed E-state index contributed by atoms with van der Waals surface area (Å²) >= 11 is 0. The van der Waals surface area contributed by atoms with Gasteiger partial charge in [-0.15, -0.1) is 0 Å². The lowest BCUT2D eigenvalue weighted by molar-refractivity contribution is -0.119. The van der Waals surface area contributed by atoms with Gasteiger partial charge in [0, 0.05) is 12.6 Å². The summed E-state index contributed by atoms with van der Waals surface area (Å²) in [6.45, 7) is 4.43. The number of halogens is 2. The van der Waals surface area contributed by atoms with Crippen molar-refractivity contribution in [2.24, 2.45) is 11.8 Å². The van der Waals surface area contributed by atoms with Crippen molar-refractivity contribution in [3.8, 4) is 0 Å². The normalized spacial score (nSPS) is 18.9. The molecule has 0 aromatic heterocycles. The Morgan fingerprint density at radius 2 is 2.11 bits per heavy atom. The molecule has 1 aliphatic heterocycles. The minimum absolute atomic E-state index is 0.0349. The molecule has 1 aliphatic rings. The number of anilines is 2. The number of hydrogen-bond acceptors (Lipinski definition) is 2. The van der Waals surface area contributed by atoms with Gasteiger partial charge < -0.3 is 10.6 Å². The summed E-state index contributed by atoms with van der Waals surface area (Å²) in [6.07, 6.45) is 0.705. The van der Waals surface area contributed by atoms with Crippen LogP contribution in [-0.4, -0.2) is 12.5 Å². The zero-order valence-electron chi connectivity index (χ0n) is 10.4. The Hall–Kier alpha value is -1.65. The molecule has 1 aromatic carbocycles. The average molecular weight is 254 g/mol. The number of rotatable bonds is 2. The number of hydrogen-bond donors (Lipinski definition) is 2. The van der Waals surface area contributed by atoms with Crippen molar-refractivity contribution in [2.45, 2.75) is 20.3 Å². The van der Waals surface area contributed by atoms with Gasteiger partial charge in [-0.25, -0.2) is 8.78 Å². The first kappa shape index (κ1) is 12.8. The highest BCUT2D eigenvalue weighted by molar-refractivity contribution is 5.97. The molecule has 1 atom stereocenters. The maximum Gasteiger partial charge on any atom is 0.229 e. The molecule has 18 heavy (non-hydrogen) atoms. The molecule has 1 heterocycles. The standard InChI is InChI=1S/C13H16F2N2O/c1-7(2)3-8-6-16-11-5-9(14)4-10(15)12(11)17-13(8)18/h4-5,7-8,16H,3,6H2,1-2H3,(H,17,18).